The second-order valence-corrected chi connectivity index (χ2v) is 11.5. The van der Waals surface area contributed by atoms with Crippen LogP contribution in [0.3, 0.4) is 0 Å². The lowest BCUT2D eigenvalue weighted by molar-refractivity contribution is 0.0807. The van der Waals surface area contributed by atoms with E-state index in [1.807, 2.05) is 24.3 Å². The van der Waals surface area contributed by atoms with Crippen LogP contribution in [-0.2, 0) is 12.0 Å². The molecule has 5 atom stereocenters. The summed E-state index contributed by atoms with van der Waals surface area (Å²) < 4.78 is 25.5. The number of halogens is 1. The first-order valence-corrected chi connectivity index (χ1v) is 13.8. The fourth-order valence-corrected chi connectivity index (χ4v) is 7.65. The third-order valence-corrected chi connectivity index (χ3v) is 9.47. The standard InChI is InChI=1S/C30H36FN3O3/c1-36-26-8-3-20-17-32(14-11-30-10-9-25(35)16-27(30)37-29(26)28(20)30)12-2-13-33-18-24-15-23(33)19-34(24)22-6-4-21(31)5-7-22/h3-10,23-25,27,35H,2,11-19H2,1H3/t23?,24?,25?,27-,30?/m1/s1. The van der Waals surface area contributed by atoms with E-state index in [0.717, 1.165) is 69.3 Å². The van der Waals surface area contributed by atoms with Crippen LogP contribution in [-0.4, -0.2) is 79.0 Å². The molecular weight excluding hydrogens is 469 g/mol. The minimum Gasteiger partial charge on any atom is -0.493 e. The van der Waals surface area contributed by atoms with Gasteiger partial charge in [-0.2, -0.15) is 0 Å². The number of likely N-dealkylation sites (tertiary alicyclic amines) is 1. The molecule has 7 rings (SSSR count). The minimum absolute atomic E-state index is 0.0401. The van der Waals surface area contributed by atoms with E-state index in [9.17, 15) is 9.50 Å². The molecule has 0 amide bonds. The molecule has 37 heavy (non-hydrogen) atoms. The van der Waals surface area contributed by atoms with Crippen LogP contribution < -0.4 is 14.4 Å². The summed E-state index contributed by atoms with van der Waals surface area (Å²) in [5.41, 5.74) is 3.58. The normalized spacial score (nSPS) is 32.2. The summed E-state index contributed by atoms with van der Waals surface area (Å²) in [6.45, 7) is 6.28. The molecule has 5 aliphatic rings. The molecule has 196 valence electrons. The van der Waals surface area contributed by atoms with Gasteiger partial charge in [-0.05, 0) is 74.8 Å². The van der Waals surface area contributed by atoms with Gasteiger partial charge in [0.15, 0.2) is 11.5 Å². The number of piperazine rings is 1. The molecule has 4 unspecified atom stereocenters. The van der Waals surface area contributed by atoms with Crippen LogP contribution in [0.15, 0.2) is 48.6 Å². The van der Waals surface area contributed by atoms with Gasteiger partial charge in [-0.1, -0.05) is 18.2 Å². The lowest BCUT2D eigenvalue weighted by Gasteiger charge is -2.36. The molecule has 0 aromatic heterocycles. The number of benzene rings is 2. The second kappa shape index (κ2) is 9.00. The number of aliphatic hydroxyl groups excluding tert-OH is 1. The van der Waals surface area contributed by atoms with E-state index in [0.29, 0.717) is 18.5 Å². The number of aliphatic hydroxyl groups is 1. The number of fused-ring (bicyclic) bond motifs is 2. The van der Waals surface area contributed by atoms with Crippen LogP contribution in [0.2, 0.25) is 0 Å². The maximum absolute atomic E-state index is 13.3. The molecule has 1 spiro atoms. The Morgan fingerprint density at radius 1 is 1.08 bits per heavy atom. The largest absolute Gasteiger partial charge is 0.493 e. The van der Waals surface area contributed by atoms with Gasteiger partial charge in [0, 0.05) is 49.4 Å². The minimum atomic E-state index is -0.450. The molecule has 7 heteroatoms. The topological polar surface area (TPSA) is 48.4 Å². The van der Waals surface area contributed by atoms with Crippen LogP contribution in [0.1, 0.15) is 36.8 Å². The Balaban J connectivity index is 1.01. The van der Waals surface area contributed by atoms with E-state index in [4.69, 9.17) is 9.47 Å². The summed E-state index contributed by atoms with van der Waals surface area (Å²) >= 11 is 0. The van der Waals surface area contributed by atoms with Gasteiger partial charge in [-0.15, -0.1) is 0 Å². The Kier molecular flexibility index (Phi) is 5.72. The van der Waals surface area contributed by atoms with Crippen molar-refractivity contribution >= 4 is 5.69 Å². The van der Waals surface area contributed by atoms with E-state index in [1.54, 1.807) is 19.2 Å². The Morgan fingerprint density at radius 3 is 2.73 bits per heavy atom. The van der Waals surface area contributed by atoms with Crippen molar-refractivity contribution < 1.29 is 19.0 Å². The van der Waals surface area contributed by atoms with Crippen LogP contribution in [0.4, 0.5) is 10.1 Å². The molecule has 0 radical (unpaired) electrons. The third kappa shape index (κ3) is 3.85. The van der Waals surface area contributed by atoms with Gasteiger partial charge in [0.05, 0.1) is 18.6 Å². The number of nitrogens with zero attached hydrogens (tertiary/aromatic N) is 3. The van der Waals surface area contributed by atoms with Crippen molar-refractivity contribution in [3.05, 3.63) is 65.5 Å². The van der Waals surface area contributed by atoms with Crippen LogP contribution in [0, 0.1) is 5.82 Å². The molecular formula is C30H36FN3O3. The Hall–Kier alpha value is -2.61. The van der Waals surface area contributed by atoms with Crippen LogP contribution in [0.25, 0.3) is 0 Å². The van der Waals surface area contributed by atoms with E-state index in [1.165, 1.54) is 17.5 Å². The van der Waals surface area contributed by atoms with E-state index < -0.39 is 6.10 Å². The van der Waals surface area contributed by atoms with Gasteiger partial charge in [0.2, 0.25) is 0 Å². The molecule has 2 aromatic rings. The zero-order chi connectivity index (χ0) is 25.1. The number of anilines is 1. The molecule has 1 N–H and O–H groups in total. The van der Waals surface area contributed by atoms with Gasteiger partial charge in [-0.25, -0.2) is 4.39 Å². The van der Waals surface area contributed by atoms with Crippen molar-refractivity contribution in [3.63, 3.8) is 0 Å². The summed E-state index contributed by atoms with van der Waals surface area (Å²) in [6, 6.07) is 12.4. The highest BCUT2D eigenvalue weighted by atomic mass is 19.1. The number of hydrogen-bond donors (Lipinski definition) is 1. The number of rotatable bonds is 6. The molecule has 2 fully saturated rings. The third-order valence-electron chi connectivity index (χ3n) is 9.47. The molecule has 0 saturated carbocycles. The van der Waals surface area contributed by atoms with Crippen LogP contribution >= 0.6 is 0 Å². The second-order valence-electron chi connectivity index (χ2n) is 11.5. The summed E-state index contributed by atoms with van der Waals surface area (Å²) in [5.74, 6) is 1.50. The SMILES string of the molecule is COc1ccc2c3c1O[C@@H]1CC(O)C=CC31CCN(CCCN1CC3CC1CN3c1ccc(F)cc1)C2. The van der Waals surface area contributed by atoms with Crippen molar-refractivity contribution in [3.8, 4) is 11.5 Å². The molecule has 6 nitrogen and oxygen atoms in total. The molecule has 1 aliphatic carbocycles. The summed E-state index contributed by atoms with van der Waals surface area (Å²) in [6.07, 6.45) is 7.68. The van der Waals surface area contributed by atoms with Crippen molar-refractivity contribution in [2.24, 2.45) is 0 Å². The van der Waals surface area contributed by atoms with Gasteiger partial charge in [-0.3, -0.25) is 9.80 Å². The average Bonchev–Trinajstić information content (AvgIpc) is 3.56. The predicted octanol–water partition coefficient (Wildman–Crippen LogP) is 3.71. The monoisotopic (exact) mass is 505 g/mol. The molecule has 2 saturated heterocycles. The maximum Gasteiger partial charge on any atom is 0.166 e. The number of hydrogen-bond acceptors (Lipinski definition) is 6. The van der Waals surface area contributed by atoms with E-state index >= 15 is 0 Å². The van der Waals surface area contributed by atoms with Crippen molar-refractivity contribution in [2.45, 2.75) is 61.9 Å². The van der Waals surface area contributed by atoms with Gasteiger partial charge in [0.25, 0.3) is 0 Å². The zero-order valence-electron chi connectivity index (χ0n) is 21.5. The zero-order valence-corrected chi connectivity index (χ0v) is 21.5. The summed E-state index contributed by atoms with van der Waals surface area (Å²) in [4.78, 5) is 7.73. The first kappa shape index (κ1) is 23.5. The first-order chi connectivity index (χ1) is 18.0. The Bertz CT molecular complexity index is 1200. The van der Waals surface area contributed by atoms with E-state index in [-0.39, 0.29) is 17.3 Å². The predicted molar refractivity (Wildman–Crippen MR) is 141 cm³/mol. The fourth-order valence-electron chi connectivity index (χ4n) is 7.65. The highest BCUT2D eigenvalue weighted by molar-refractivity contribution is 5.61. The highest BCUT2D eigenvalue weighted by Gasteiger charge is 2.52. The molecule has 2 bridgehead atoms. The highest BCUT2D eigenvalue weighted by Crippen LogP contribution is 2.55. The van der Waals surface area contributed by atoms with E-state index in [2.05, 4.69) is 26.8 Å². The lowest BCUT2D eigenvalue weighted by atomic mass is 9.69. The summed E-state index contributed by atoms with van der Waals surface area (Å²) in [7, 11) is 1.70. The van der Waals surface area contributed by atoms with Crippen molar-refractivity contribution in [2.75, 3.05) is 44.7 Å². The van der Waals surface area contributed by atoms with Gasteiger partial charge < -0.3 is 19.5 Å². The van der Waals surface area contributed by atoms with Crippen LogP contribution in [0.5, 0.6) is 11.5 Å². The molecule has 4 heterocycles. The lowest BCUT2D eigenvalue weighted by Crippen LogP contribution is -2.47. The smallest absolute Gasteiger partial charge is 0.166 e. The first-order valence-electron chi connectivity index (χ1n) is 13.8. The number of ether oxygens (including phenoxy) is 2. The average molecular weight is 506 g/mol. The van der Waals surface area contributed by atoms with Gasteiger partial charge >= 0.3 is 0 Å². The van der Waals surface area contributed by atoms with Gasteiger partial charge in [0.1, 0.15) is 11.9 Å². The fraction of sp³-hybridized carbons (Fsp3) is 0.533. The number of methoxy groups -OCH3 is 1. The molecule has 4 aliphatic heterocycles. The Labute approximate surface area is 218 Å². The quantitative estimate of drug-likeness (QED) is 0.604. The maximum atomic E-state index is 13.3. The summed E-state index contributed by atoms with van der Waals surface area (Å²) in [5, 5.41) is 10.3. The Morgan fingerprint density at radius 2 is 1.95 bits per heavy atom. The van der Waals surface area contributed by atoms with Crippen molar-refractivity contribution in [1.29, 1.82) is 0 Å². The van der Waals surface area contributed by atoms with Crippen molar-refractivity contribution in [1.82, 2.24) is 9.80 Å². The molecule has 2 aromatic carbocycles.